The average molecular weight is 250 g/mol. The molecule has 1 aromatic rings. The molecule has 0 bridgehead atoms. The van der Waals surface area contributed by atoms with Crippen molar-refractivity contribution in [3.8, 4) is 0 Å². The molecule has 0 heterocycles. The van der Waals surface area contributed by atoms with Gasteiger partial charge in [-0.1, -0.05) is 32.0 Å². The topological polar surface area (TPSA) is 49.5 Å². The zero-order chi connectivity index (χ0) is 13.7. The molecular formula is C15H26N2O. The molecule has 2 unspecified atom stereocenters. The quantitative estimate of drug-likeness (QED) is 0.813. The summed E-state index contributed by atoms with van der Waals surface area (Å²) in [4.78, 5) is 2.21. The third kappa shape index (κ3) is 3.24. The monoisotopic (exact) mass is 250 g/mol. The van der Waals surface area contributed by atoms with Gasteiger partial charge in [0.15, 0.2) is 0 Å². The summed E-state index contributed by atoms with van der Waals surface area (Å²) in [5.74, 6) is 0.347. The summed E-state index contributed by atoms with van der Waals surface area (Å²) >= 11 is 0. The molecule has 3 nitrogen and oxygen atoms in total. The van der Waals surface area contributed by atoms with Crippen molar-refractivity contribution >= 4 is 5.69 Å². The van der Waals surface area contributed by atoms with Gasteiger partial charge in [-0.3, -0.25) is 0 Å². The molecule has 0 aliphatic rings. The van der Waals surface area contributed by atoms with Crippen LogP contribution in [0.3, 0.4) is 0 Å². The van der Waals surface area contributed by atoms with E-state index in [1.165, 1.54) is 5.56 Å². The molecule has 0 saturated carbocycles. The molecule has 1 rings (SSSR count). The van der Waals surface area contributed by atoms with Crippen molar-refractivity contribution in [1.29, 1.82) is 0 Å². The van der Waals surface area contributed by atoms with E-state index in [2.05, 4.69) is 44.7 Å². The van der Waals surface area contributed by atoms with Crippen molar-refractivity contribution in [2.24, 2.45) is 11.7 Å². The van der Waals surface area contributed by atoms with E-state index in [1.54, 1.807) is 0 Å². The number of para-hydroxylation sites is 1. The summed E-state index contributed by atoms with van der Waals surface area (Å²) in [6, 6.07) is 8.18. The first-order chi connectivity index (χ1) is 8.52. The molecule has 1 aromatic carbocycles. The second-order valence-electron chi connectivity index (χ2n) is 5.14. The molecule has 0 amide bonds. The molecule has 2 atom stereocenters. The van der Waals surface area contributed by atoms with Crippen molar-refractivity contribution in [3.05, 3.63) is 29.8 Å². The number of likely N-dealkylation sites (N-methyl/N-ethyl adjacent to an activating group) is 1. The lowest BCUT2D eigenvalue weighted by molar-refractivity contribution is 0.226. The number of aliphatic hydroxyl groups is 1. The molecule has 0 spiro atoms. The Morgan fingerprint density at radius 2 is 1.89 bits per heavy atom. The van der Waals surface area contributed by atoms with Gasteiger partial charge in [0.1, 0.15) is 0 Å². The van der Waals surface area contributed by atoms with Crippen LogP contribution in [0.1, 0.15) is 26.3 Å². The van der Waals surface area contributed by atoms with Crippen LogP contribution in [-0.2, 0) is 0 Å². The number of aryl methyl sites for hydroxylation is 1. The van der Waals surface area contributed by atoms with Crippen LogP contribution in [0.15, 0.2) is 24.3 Å². The summed E-state index contributed by atoms with van der Waals surface area (Å²) in [6.45, 7) is 9.31. The molecule has 0 aliphatic carbocycles. The van der Waals surface area contributed by atoms with Crippen LogP contribution in [0.2, 0.25) is 0 Å². The Hall–Kier alpha value is -1.06. The Balaban J connectivity index is 3.04. The molecule has 0 aliphatic heterocycles. The van der Waals surface area contributed by atoms with Crippen molar-refractivity contribution < 1.29 is 5.11 Å². The minimum absolute atomic E-state index is 0.0314. The summed E-state index contributed by atoms with van der Waals surface area (Å²) in [7, 11) is 0. The van der Waals surface area contributed by atoms with E-state index in [9.17, 15) is 5.11 Å². The number of benzene rings is 1. The van der Waals surface area contributed by atoms with E-state index in [0.717, 1.165) is 12.2 Å². The highest BCUT2D eigenvalue weighted by Crippen LogP contribution is 2.23. The maximum absolute atomic E-state index is 9.68. The normalized spacial score (nSPS) is 14.6. The van der Waals surface area contributed by atoms with Gasteiger partial charge < -0.3 is 15.7 Å². The highest BCUT2D eigenvalue weighted by atomic mass is 16.3. The number of rotatable bonds is 6. The zero-order valence-electron chi connectivity index (χ0n) is 11.9. The first-order valence-corrected chi connectivity index (χ1v) is 6.71. The lowest BCUT2D eigenvalue weighted by Gasteiger charge is -2.37. The number of nitrogens with zero attached hydrogens (tertiary/aromatic N) is 1. The maximum Gasteiger partial charge on any atom is 0.0674 e. The average Bonchev–Trinajstić information content (AvgIpc) is 2.36. The number of anilines is 1. The number of nitrogens with two attached hydrogens (primary N) is 1. The van der Waals surface area contributed by atoms with Crippen LogP contribution in [0.5, 0.6) is 0 Å². The van der Waals surface area contributed by atoms with Gasteiger partial charge in [0.05, 0.1) is 12.6 Å². The minimum atomic E-state index is -0.0328. The van der Waals surface area contributed by atoms with Gasteiger partial charge >= 0.3 is 0 Å². The SMILES string of the molecule is CCN(c1ccccc1C)C(CO)C(N)C(C)C. The smallest absolute Gasteiger partial charge is 0.0674 e. The van der Waals surface area contributed by atoms with E-state index < -0.39 is 0 Å². The molecule has 0 radical (unpaired) electrons. The summed E-state index contributed by atoms with van der Waals surface area (Å²) < 4.78 is 0. The van der Waals surface area contributed by atoms with Crippen LogP contribution < -0.4 is 10.6 Å². The van der Waals surface area contributed by atoms with Gasteiger partial charge in [-0.2, -0.15) is 0 Å². The summed E-state index contributed by atoms with van der Waals surface area (Å²) in [5, 5.41) is 9.68. The third-order valence-corrected chi connectivity index (χ3v) is 3.57. The standard InChI is InChI=1S/C15H26N2O/c1-5-17(13-9-7-6-8-12(13)4)14(10-18)15(16)11(2)3/h6-9,11,14-15,18H,5,10,16H2,1-4H3. The van der Waals surface area contributed by atoms with Gasteiger partial charge in [0.2, 0.25) is 0 Å². The molecule has 18 heavy (non-hydrogen) atoms. The molecule has 0 fully saturated rings. The van der Waals surface area contributed by atoms with Crippen molar-refractivity contribution in [3.63, 3.8) is 0 Å². The van der Waals surface area contributed by atoms with Gasteiger partial charge in [-0.15, -0.1) is 0 Å². The second kappa shape index (κ2) is 6.76. The Kier molecular flexibility index (Phi) is 5.63. The van der Waals surface area contributed by atoms with Gasteiger partial charge in [0, 0.05) is 18.3 Å². The lowest BCUT2D eigenvalue weighted by atomic mass is 9.95. The van der Waals surface area contributed by atoms with Crippen molar-refractivity contribution in [1.82, 2.24) is 0 Å². The Morgan fingerprint density at radius 1 is 1.28 bits per heavy atom. The van der Waals surface area contributed by atoms with E-state index in [0.29, 0.717) is 5.92 Å². The van der Waals surface area contributed by atoms with Crippen molar-refractivity contribution in [2.75, 3.05) is 18.1 Å². The molecule has 0 aromatic heterocycles. The lowest BCUT2D eigenvalue weighted by Crippen LogP contribution is -2.52. The summed E-state index contributed by atoms with van der Waals surface area (Å²) in [6.07, 6.45) is 0. The molecule has 0 saturated heterocycles. The highest BCUT2D eigenvalue weighted by molar-refractivity contribution is 5.54. The van der Waals surface area contributed by atoms with Crippen LogP contribution in [0, 0.1) is 12.8 Å². The van der Waals surface area contributed by atoms with E-state index in [4.69, 9.17) is 5.73 Å². The zero-order valence-corrected chi connectivity index (χ0v) is 11.9. The van der Waals surface area contributed by atoms with Gasteiger partial charge in [-0.05, 0) is 31.4 Å². The second-order valence-corrected chi connectivity index (χ2v) is 5.14. The Bertz CT molecular complexity index is 365. The number of aliphatic hydroxyl groups excluding tert-OH is 1. The predicted octanol–water partition coefficient (Wildman–Crippen LogP) is 2.17. The first-order valence-electron chi connectivity index (χ1n) is 6.71. The number of hydrogen-bond donors (Lipinski definition) is 2. The van der Waals surface area contributed by atoms with Crippen LogP contribution in [-0.4, -0.2) is 30.3 Å². The van der Waals surface area contributed by atoms with E-state index >= 15 is 0 Å². The maximum atomic E-state index is 9.68. The Morgan fingerprint density at radius 3 is 2.33 bits per heavy atom. The Labute approximate surface area is 111 Å². The van der Waals surface area contributed by atoms with Gasteiger partial charge in [0.25, 0.3) is 0 Å². The van der Waals surface area contributed by atoms with Crippen LogP contribution in [0.4, 0.5) is 5.69 Å². The fourth-order valence-corrected chi connectivity index (χ4v) is 2.34. The van der Waals surface area contributed by atoms with Crippen molar-refractivity contribution in [2.45, 2.75) is 39.8 Å². The van der Waals surface area contributed by atoms with Gasteiger partial charge in [-0.25, -0.2) is 0 Å². The van der Waals surface area contributed by atoms with Crippen LogP contribution >= 0.6 is 0 Å². The predicted molar refractivity (Wildman–Crippen MR) is 77.9 cm³/mol. The first kappa shape index (κ1) is 15.0. The summed E-state index contributed by atoms with van der Waals surface area (Å²) in [5.41, 5.74) is 8.61. The van der Waals surface area contributed by atoms with Crippen LogP contribution in [0.25, 0.3) is 0 Å². The fraction of sp³-hybridized carbons (Fsp3) is 0.600. The molecule has 102 valence electrons. The minimum Gasteiger partial charge on any atom is -0.394 e. The number of hydrogen-bond acceptors (Lipinski definition) is 3. The van der Waals surface area contributed by atoms with E-state index in [-0.39, 0.29) is 18.7 Å². The highest BCUT2D eigenvalue weighted by Gasteiger charge is 2.26. The fourth-order valence-electron chi connectivity index (χ4n) is 2.34. The molecule has 3 N–H and O–H groups in total. The molecule has 3 heteroatoms. The largest absolute Gasteiger partial charge is 0.394 e. The van der Waals surface area contributed by atoms with E-state index in [1.807, 2.05) is 12.1 Å². The molecular weight excluding hydrogens is 224 g/mol. The third-order valence-electron chi connectivity index (χ3n) is 3.57.